The molecule has 0 bridgehead atoms. The molecule has 1 unspecified atom stereocenters. The van der Waals surface area contributed by atoms with Gasteiger partial charge in [0.25, 0.3) is 0 Å². The highest BCUT2D eigenvalue weighted by Gasteiger charge is 2.34. The first-order valence-electron chi connectivity index (χ1n) is 6.71. The van der Waals surface area contributed by atoms with E-state index in [0.29, 0.717) is 0 Å². The average Bonchev–Trinajstić information content (AvgIpc) is 2.26. The molecule has 1 aromatic carbocycles. The van der Waals surface area contributed by atoms with Gasteiger partial charge in [-0.15, -0.1) is 0 Å². The van der Waals surface area contributed by atoms with E-state index in [4.69, 9.17) is 0 Å². The molecule has 0 radical (unpaired) electrons. The molecule has 2 rings (SSSR count). The normalized spacial score (nSPS) is 23.1. The Morgan fingerprint density at radius 1 is 1.21 bits per heavy atom. The van der Waals surface area contributed by atoms with Crippen molar-refractivity contribution in [2.45, 2.75) is 51.7 Å². The van der Waals surface area contributed by atoms with E-state index < -0.39 is 11.7 Å². The molecular formula is C15H20F3N. The van der Waals surface area contributed by atoms with Crippen LogP contribution in [-0.2, 0) is 6.18 Å². The zero-order valence-corrected chi connectivity index (χ0v) is 11.3. The van der Waals surface area contributed by atoms with Crippen molar-refractivity contribution in [3.8, 4) is 0 Å². The maximum atomic E-state index is 12.9. The second kappa shape index (κ2) is 5.06. The Balaban J connectivity index is 2.15. The maximum absolute atomic E-state index is 12.9. The standard InChI is InChI=1S/C15H20F3N/c1-14(2)9-5-6-11(10-14)19-13-8-4-3-7-12(13)15(16,17)18/h3-4,7-8,11,19H,5-6,9-10H2,1-2H3. The van der Waals surface area contributed by atoms with Gasteiger partial charge in [0, 0.05) is 11.7 Å². The van der Waals surface area contributed by atoms with Crippen molar-refractivity contribution >= 4 is 5.69 Å². The van der Waals surface area contributed by atoms with Gasteiger partial charge < -0.3 is 5.32 Å². The van der Waals surface area contributed by atoms with E-state index in [2.05, 4.69) is 19.2 Å². The Labute approximate surface area is 112 Å². The number of hydrogen-bond acceptors (Lipinski definition) is 1. The van der Waals surface area contributed by atoms with Crippen molar-refractivity contribution in [2.24, 2.45) is 5.41 Å². The van der Waals surface area contributed by atoms with Crippen LogP contribution in [0.2, 0.25) is 0 Å². The van der Waals surface area contributed by atoms with Crippen molar-refractivity contribution in [2.75, 3.05) is 5.32 Å². The third kappa shape index (κ3) is 3.64. The van der Waals surface area contributed by atoms with Crippen LogP contribution in [0.5, 0.6) is 0 Å². The second-order valence-electron chi connectivity index (χ2n) is 6.15. The van der Waals surface area contributed by atoms with E-state index in [0.717, 1.165) is 31.7 Å². The molecule has 0 heterocycles. The highest BCUT2D eigenvalue weighted by molar-refractivity contribution is 5.53. The second-order valence-corrected chi connectivity index (χ2v) is 6.15. The SMILES string of the molecule is CC1(C)CCCC(Nc2ccccc2C(F)(F)F)C1. The Morgan fingerprint density at radius 2 is 1.89 bits per heavy atom. The molecule has 4 heteroatoms. The summed E-state index contributed by atoms with van der Waals surface area (Å²) in [5.74, 6) is 0. The van der Waals surface area contributed by atoms with Crippen molar-refractivity contribution in [1.29, 1.82) is 0 Å². The van der Waals surface area contributed by atoms with E-state index in [1.54, 1.807) is 6.07 Å². The van der Waals surface area contributed by atoms with Gasteiger partial charge in [-0.2, -0.15) is 13.2 Å². The summed E-state index contributed by atoms with van der Waals surface area (Å²) >= 11 is 0. The van der Waals surface area contributed by atoms with Crippen LogP contribution >= 0.6 is 0 Å². The minimum atomic E-state index is -4.30. The Bertz CT molecular complexity index is 437. The summed E-state index contributed by atoms with van der Waals surface area (Å²) in [6, 6.07) is 5.86. The summed E-state index contributed by atoms with van der Waals surface area (Å²) in [5, 5.41) is 3.09. The quantitative estimate of drug-likeness (QED) is 0.790. The van der Waals surface area contributed by atoms with Gasteiger partial charge in [-0.25, -0.2) is 0 Å². The predicted octanol–water partition coefficient (Wildman–Crippen LogP) is 5.09. The summed E-state index contributed by atoms with van der Waals surface area (Å²) < 4.78 is 38.7. The van der Waals surface area contributed by atoms with Crippen LogP contribution in [0.3, 0.4) is 0 Å². The van der Waals surface area contributed by atoms with Gasteiger partial charge in [0.05, 0.1) is 5.56 Å². The van der Waals surface area contributed by atoms with Gasteiger partial charge in [-0.05, 0) is 36.8 Å². The van der Waals surface area contributed by atoms with Gasteiger partial charge in [-0.1, -0.05) is 32.4 Å². The first-order valence-corrected chi connectivity index (χ1v) is 6.71. The fraction of sp³-hybridized carbons (Fsp3) is 0.600. The first kappa shape index (κ1) is 14.2. The lowest BCUT2D eigenvalue weighted by Crippen LogP contribution is -2.32. The molecular weight excluding hydrogens is 251 g/mol. The number of alkyl halides is 3. The number of anilines is 1. The molecule has 1 N–H and O–H groups in total. The van der Waals surface area contributed by atoms with Crippen LogP contribution < -0.4 is 5.32 Å². The van der Waals surface area contributed by atoms with E-state index in [-0.39, 0.29) is 17.1 Å². The number of rotatable bonds is 2. The zero-order chi connectivity index (χ0) is 14.1. The van der Waals surface area contributed by atoms with Crippen LogP contribution in [0.25, 0.3) is 0 Å². The first-order chi connectivity index (χ1) is 8.78. The molecule has 0 saturated heterocycles. The smallest absolute Gasteiger partial charge is 0.382 e. The fourth-order valence-electron chi connectivity index (χ4n) is 2.90. The van der Waals surface area contributed by atoms with Gasteiger partial charge in [-0.3, -0.25) is 0 Å². The van der Waals surface area contributed by atoms with Crippen LogP contribution in [0.4, 0.5) is 18.9 Å². The number of hydrogen-bond donors (Lipinski definition) is 1. The molecule has 0 aromatic heterocycles. The van der Waals surface area contributed by atoms with E-state index in [9.17, 15) is 13.2 Å². The summed E-state index contributed by atoms with van der Waals surface area (Å²) in [7, 11) is 0. The lowest BCUT2D eigenvalue weighted by Gasteiger charge is -2.36. The molecule has 1 aliphatic rings. The molecule has 1 saturated carbocycles. The largest absolute Gasteiger partial charge is 0.418 e. The van der Waals surface area contributed by atoms with Gasteiger partial charge in [0.2, 0.25) is 0 Å². The maximum Gasteiger partial charge on any atom is 0.418 e. The Morgan fingerprint density at radius 3 is 2.53 bits per heavy atom. The van der Waals surface area contributed by atoms with Crippen molar-refractivity contribution in [3.05, 3.63) is 29.8 Å². The van der Waals surface area contributed by atoms with Gasteiger partial charge >= 0.3 is 6.18 Å². The molecule has 1 nitrogen and oxygen atoms in total. The highest BCUT2D eigenvalue weighted by atomic mass is 19.4. The number of para-hydroxylation sites is 1. The van der Waals surface area contributed by atoms with E-state index in [1.807, 2.05) is 0 Å². The molecule has 1 aliphatic carbocycles. The third-order valence-electron chi connectivity index (χ3n) is 3.80. The van der Waals surface area contributed by atoms with Crippen LogP contribution in [-0.4, -0.2) is 6.04 Å². The minimum absolute atomic E-state index is 0.132. The lowest BCUT2D eigenvalue weighted by atomic mass is 9.75. The Hall–Kier alpha value is -1.19. The highest BCUT2D eigenvalue weighted by Crippen LogP contribution is 2.39. The zero-order valence-electron chi connectivity index (χ0n) is 11.3. The van der Waals surface area contributed by atoms with Gasteiger partial charge in [0.15, 0.2) is 0 Å². The lowest BCUT2D eigenvalue weighted by molar-refractivity contribution is -0.137. The monoisotopic (exact) mass is 271 g/mol. The molecule has 1 atom stereocenters. The van der Waals surface area contributed by atoms with Crippen molar-refractivity contribution in [3.63, 3.8) is 0 Å². The van der Waals surface area contributed by atoms with Crippen LogP contribution in [0, 0.1) is 5.41 Å². The molecule has 106 valence electrons. The minimum Gasteiger partial charge on any atom is -0.382 e. The predicted molar refractivity (Wildman–Crippen MR) is 71.1 cm³/mol. The molecule has 1 fully saturated rings. The molecule has 19 heavy (non-hydrogen) atoms. The molecule has 0 aliphatic heterocycles. The van der Waals surface area contributed by atoms with Gasteiger partial charge in [0.1, 0.15) is 0 Å². The van der Waals surface area contributed by atoms with E-state index >= 15 is 0 Å². The Kier molecular flexibility index (Phi) is 3.79. The van der Waals surface area contributed by atoms with Crippen LogP contribution in [0.15, 0.2) is 24.3 Å². The molecule has 0 amide bonds. The summed E-state index contributed by atoms with van der Waals surface area (Å²) in [6.07, 6.45) is -0.229. The van der Waals surface area contributed by atoms with Crippen molar-refractivity contribution in [1.82, 2.24) is 0 Å². The summed E-state index contributed by atoms with van der Waals surface area (Å²) in [5.41, 5.74) is -0.153. The summed E-state index contributed by atoms with van der Waals surface area (Å²) in [4.78, 5) is 0. The van der Waals surface area contributed by atoms with Crippen LogP contribution in [0.1, 0.15) is 45.1 Å². The summed E-state index contributed by atoms with van der Waals surface area (Å²) in [6.45, 7) is 4.35. The number of nitrogens with one attached hydrogen (secondary N) is 1. The molecule has 1 aromatic rings. The average molecular weight is 271 g/mol. The number of benzene rings is 1. The van der Waals surface area contributed by atoms with Crippen molar-refractivity contribution < 1.29 is 13.2 Å². The fourth-order valence-corrected chi connectivity index (χ4v) is 2.90. The molecule has 0 spiro atoms. The van der Waals surface area contributed by atoms with E-state index in [1.165, 1.54) is 12.1 Å². The number of halogens is 3. The third-order valence-corrected chi connectivity index (χ3v) is 3.80. The topological polar surface area (TPSA) is 12.0 Å².